The average Bonchev–Trinajstić information content (AvgIpc) is 3.05. The normalized spacial score (nSPS) is 11.4. The van der Waals surface area contributed by atoms with E-state index < -0.39 is 0 Å². The van der Waals surface area contributed by atoms with Crippen LogP contribution in [0.2, 0.25) is 10.0 Å². The highest BCUT2D eigenvalue weighted by Gasteiger charge is 2.11. The summed E-state index contributed by atoms with van der Waals surface area (Å²) in [5.41, 5.74) is 2.15. The van der Waals surface area contributed by atoms with Crippen LogP contribution in [0.25, 0.3) is 11.5 Å². The van der Waals surface area contributed by atoms with Crippen LogP contribution in [0.1, 0.15) is 11.3 Å². The number of aromatic nitrogens is 5. The van der Waals surface area contributed by atoms with Gasteiger partial charge in [0.05, 0.1) is 16.3 Å². The second-order valence-electron chi connectivity index (χ2n) is 4.48. The molecule has 0 atom stereocenters. The van der Waals surface area contributed by atoms with Gasteiger partial charge in [0.25, 0.3) is 0 Å². The lowest BCUT2D eigenvalue weighted by atomic mass is 10.2. The van der Waals surface area contributed by atoms with Gasteiger partial charge < -0.3 is 0 Å². The molecule has 0 amide bonds. The van der Waals surface area contributed by atoms with Gasteiger partial charge in [-0.2, -0.15) is 20.0 Å². The van der Waals surface area contributed by atoms with Crippen molar-refractivity contribution in [2.45, 2.75) is 6.92 Å². The van der Waals surface area contributed by atoms with Crippen LogP contribution in [-0.2, 0) is 0 Å². The Morgan fingerprint density at radius 2 is 1.95 bits per heavy atom. The van der Waals surface area contributed by atoms with Crippen LogP contribution in [0.15, 0.2) is 29.4 Å². The summed E-state index contributed by atoms with van der Waals surface area (Å²) in [7, 11) is 0. The van der Waals surface area contributed by atoms with Crippen molar-refractivity contribution in [2.24, 2.45) is 5.10 Å². The van der Waals surface area contributed by atoms with Crippen molar-refractivity contribution in [3.8, 4) is 11.5 Å². The fourth-order valence-corrected chi connectivity index (χ4v) is 2.52. The lowest BCUT2D eigenvalue weighted by Crippen LogP contribution is -1.96. The molecule has 2 N–H and O–H groups in total. The van der Waals surface area contributed by atoms with Gasteiger partial charge >= 0.3 is 0 Å². The first-order valence-electron chi connectivity index (χ1n) is 6.24. The third-order valence-electron chi connectivity index (χ3n) is 2.89. The highest BCUT2D eigenvalue weighted by Crippen LogP contribution is 2.22. The maximum atomic E-state index is 6.12. The zero-order chi connectivity index (χ0) is 15.7. The standard InChI is InChI=1S/C13H10Cl2N6S/c1-7-5-11(18-17-7)12-19-20-13(22)21(12)16-6-8-9(14)3-2-4-10(8)15/h2-6H,1H3,(H,17,18)(H,20,22)/b16-6+. The van der Waals surface area contributed by atoms with Gasteiger partial charge in [0, 0.05) is 11.3 Å². The molecule has 0 spiro atoms. The summed E-state index contributed by atoms with van der Waals surface area (Å²) in [5, 5.41) is 19.2. The maximum absolute atomic E-state index is 6.12. The first-order valence-corrected chi connectivity index (χ1v) is 7.41. The molecule has 0 unspecified atom stereocenters. The molecule has 9 heteroatoms. The predicted octanol–water partition coefficient (Wildman–Crippen LogP) is 3.83. The molecule has 2 heterocycles. The number of hydrogen-bond donors (Lipinski definition) is 2. The molecule has 0 aliphatic heterocycles. The molecule has 0 bridgehead atoms. The van der Waals surface area contributed by atoms with E-state index in [0.29, 0.717) is 31.9 Å². The number of rotatable bonds is 3. The maximum Gasteiger partial charge on any atom is 0.216 e. The smallest absolute Gasteiger partial charge is 0.216 e. The molecule has 112 valence electrons. The molecule has 0 fully saturated rings. The Balaban J connectivity index is 2.05. The molecule has 1 aromatic carbocycles. The van der Waals surface area contributed by atoms with Crippen LogP contribution in [0.3, 0.4) is 0 Å². The number of H-pyrrole nitrogens is 2. The predicted molar refractivity (Wildman–Crippen MR) is 89.2 cm³/mol. The quantitative estimate of drug-likeness (QED) is 0.555. The van der Waals surface area contributed by atoms with E-state index >= 15 is 0 Å². The lowest BCUT2D eigenvalue weighted by molar-refractivity contribution is 0.865. The van der Waals surface area contributed by atoms with Crippen molar-refractivity contribution in [3.63, 3.8) is 0 Å². The van der Waals surface area contributed by atoms with E-state index in [2.05, 4.69) is 25.5 Å². The van der Waals surface area contributed by atoms with E-state index in [1.54, 1.807) is 24.4 Å². The molecular formula is C13H10Cl2N6S. The zero-order valence-corrected chi connectivity index (χ0v) is 13.7. The van der Waals surface area contributed by atoms with Crippen molar-refractivity contribution in [2.75, 3.05) is 0 Å². The topological polar surface area (TPSA) is 74.7 Å². The molecule has 3 rings (SSSR count). The molecule has 0 aliphatic carbocycles. The Labute approximate surface area is 140 Å². The van der Waals surface area contributed by atoms with Crippen LogP contribution in [0, 0.1) is 11.7 Å². The van der Waals surface area contributed by atoms with Crippen molar-refractivity contribution in [1.82, 2.24) is 25.1 Å². The minimum Gasteiger partial charge on any atom is -0.282 e. The number of nitrogens with zero attached hydrogens (tertiary/aromatic N) is 4. The second-order valence-corrected chi connectivity index (χ2v) is 5.68. The zero-order valence-electron chi connectivity index (χ0n) is 11.3. The van der Waals surface area contributed by atoms with Crippen LogP contribution < -0.4 is 0 Å². The van der Waals surface area contributed by atoms with Crippen molar-refractivity contribution < 1.29 is 0 Å². The summed E-state index contributed by atoms with van der Waals surface area (Å²) < 4.78 is 1.81. The second kappa shape index (κ2) is 6.04. The van der Waals surface area contributed by atoms with Gasteiger partial charge in [-0.25, -0.2) is 5.10 Å². The van der Waals surface area contributed by atoms with E-state index in [9.17, 15) is 0 Å². The molecule has 0 radical (unpaired) electrons. The van der Waals surface area contributed by atoms with E-state index in [1.807, 2.05) is 13.0 Å². The fraction of sp³-hybridized carbons (Fsp3) is 0.0769. The van der Waals surface area contributed by atoms with Gasteiger partial charge in [0.15, 0.2) is 0 Å². The van der Waals surface area contributed by atoms with Gasteiger partial charge in [-0.1, -0.05) is 29.3 Å². The highest BCUT2D eigenvalue weighted by molar-refractivity contribution is 7.71. The first-order chi connectivity index (χ1) is 10.6. The minimum atomic E-state index is 0.343. The Hall–Kier alpha value is -1.96. The number of hydrogen-bond acceptors (Lipinski definition) is 4. The fourth-order valence-electron chi connectivity index (χ4n) is 1.85. The first kappa shape index (κ1) is 15.0. The Morgan fingerprint density at radius 3 is 2.59 bits per heavy atom. The van der Waals surface area contributed by atoms with Crippen molar-refractivity contribution in [3.05, 3.63) is 50.3 Å². The third-order valence-corrected chi connectivity index (χ3v) is 3.81. The number of nitrogens with one attached hydrogen (secondary N) is 2. The molecule has 6 nitrogen and oxygen atoms in total. The molecule has 0 saturated carbocycles. The third kappa shape index (κ3) is 2.83. The van der Waals surface area contributed by atoms with E-state index in [4.69, 9.17) is 35.4 Å². The summed E-state index contributed by atoms with van der Waals surface area (Å²) in [6.45, 7) is 1.90. The van der Waals surface area contributed by atoms with Crippen LogP contribution in [0.5, 0.6) is 0 Å². The molecular weight excluding hydrogens is 343 g/mol. The minimum absolute atomic E-state index is 0.343. The van der Waals surface area contributed by atoms with Gasteiger partial charge in [0.1, 0.15) is 5.69 Å². The summed E-state index contributed by atoms with van der Waals surface area (Å²) >= 11 is 17.4. The molecule has 2 aromatic heterocycles. The Morgan fingerprint density at radius 1 is 1.23 bits per heavy atom. The number of aromatic amines is 2. The van der Waals surface area contributed by atoms with Gasteiger partial charge in [-0.05, 0) is 37.3 Å². The van der Waals surface area contributed by atoms with Crippen molar-refractivity contribution in [1.29, 1.82) is 0 Å². The highest BCUT2D eigenvalue weighted by atomic mass is 35.5. The van der Waals surface area contributed by atoms with E-state index in [0.717, 1.165) is 5.69 Å². The van der Waals surface area contributed by atoms with Crippen LogP contribution in [0.4, 0.5) is 0 Å². The monoisotopic (exact) mass is 352 g/mol. The summed E-state index contributed by atoms with van der Waals surface area (Å²) in [5.74, 6) is 0.494. The Bertz CT molecular complexity index is 887. The van der Waals surface area contributed by atoms with E-state index in [1.165, 1.54) is 4.68 Å². The van der Waals surface area contributed by atoms with Crippen molar-refractivity contribution >= 4 is 41.6 Å². The number of benzene rings is 1. The largest absolute Gasteiger partial charge is 0.282 e. The summed E-state index contributed by atoms with van der Waals surface area (Å²) in [6.07, 6.45) is 1.54. The SMILES string of the molecule is Cc1cc(-c2n[nH]c(=S)n2/N=C/c2c(Cl)cccc2Cl)n[nH]1. The molecule has 0 saturated heterocycles. The lowest BCUT2D eigenvalue weighted by Gasteiger charge is -2.01. The molecule has 3 aromatic rings. The van der Waals surface area contributed by atoms with Crippen LogP contribution in [-0.4, -0.2) is 31.3 Å². The molecule has 0 aliphatic rings. The van der Waals surface area contributed by atoms with E-state index in [-0.39, 0.29) is 0 Å². The van der Waals surface area contributed by atoms with Crippen LogP contribution >= 0.6 is 35.4 Å². The number of halogens is 2. The molecule has 22 heavy (non-hydrogen) atoms. The van der Waals surface area contributed by atoms with Gasteiger partial charge in [-0.3, -0.25) is 5.10 Å². The number of aryl methyl sites for hydroxylation is 1. The summed E-state index contributed by atoms with van der Waals surface area (Å²) in [6, 6.07) is 7.09. The average molecular weight is 353 g/mol. The Kier molecular flexibility index (Phi) is 4.10. The summed E-state index contributed by atoms with van der Waals surface area (Å²) in [4.78, 5) is 0. The van der Waals surface area contributed by atoms with Gasteiger partial charge in [-0.15, -0.1) is 0 Å². The van der Waals surface area contributed by atoms with Gasteiger partial charge in [0.2, 0.25) is 10.6 Å².